The number of fused-ring (bicyclic) bond motifs is 1. The molecule has 3 aromatic rings. The summed E-state index contributed by atoms with van der Waals surface area (Å²) >= 11 is 0. The van der Waals surface area contributed by atoms with Gasteiger partial charge in [-0.25, -0.2) is 4.79 Å². The number of hydrogen-bond donors (Lipinski definition) is 3. The van der Waals surface area contributed by atoms with Crippen molar-refractivity contribution in [1.82, 2.24) is 10.3 Å². The Morgan fingerprint density at radius 2 is 1.79 bits per heavy atom. The lowest BCUT2D eigenvalue weighted by Crippen LogP contribution is -2.31. The summed E-state index contributed by atoms with van der Waals surface area (Å²) in [6.45, 7) is 0.128. The van der Waals surface area contributed by atoms with Crippen LogP contribution in [0.15, 0.2) is 53.3 Å². The third kappa shape index (κ3) is 7.02. The number of hydrogen-bond acceptors (Lipinski definition) is 7. The summed E-state index contributed by atoms with van der Waals surface area (Å²) in [6.07, 6.45) is -4.27. The van der Waals surface area contributed by atoms with Crippen LogP contribution in [-0.4, -0.2) is 67.7 Å². The molecule has 1 aliphatic rings. The van der Waals surface area contributed by atoms with Crippen molar-refractivity contribution in [3.05, 3.63) is 70.0 Å². The number of esters is 1. The van der Waals surface area contributed by atoms with Crippen molar-refractivity contribution in [3.63, 3.8) is 0 Å². The van der Waals surface area contributed by atoms with Crippen molar-refractivity contribution >= 4 is 22.6 Å². The number of benzene rings is 2. The third-order valence-electron chi connectivity index (χ3n) is 6.25. The number of nitrogens with one attached hydrogen (secondary N) is 2. The Bertz CT molecular complexity index is 1390. The number of aromatic amines is 1. The number of rotatable bonds is 11. The number of aliphatic hydroxyl groups is 1. The molecule has 1 amide bonds. The van der Waals surface area contributed by atoms with Crippen LogP contribution in [0.3, 0.4) is 0 Å². The van der Waals surface area contributed by atoms with Gasteiger partial charge in [0.05, 0.1) is 44.0 Å². The van der Waals surface area contributed by atoms with Crippen molar-refractivity contribution in [3.8, 4) is 11.3 Å². The molecule has 39 heavy (non-hydrogen) atoms. The molecule has 0 spiro atoms. The minimum absolute atomic E-state index is 0.0373. The van der Waals surface area contributed by atoms with E-state index in [4.69, 9.17) is 19.3 Å². The third-order valence-corrected chi connectivity index (χ3v) is 6.25. The lowest BCUT2D eigenvalue weighted by Gasteiger charge is -2.14. The summed E-state index contributed by atoms with van der Waals surface area (Å²) in [4.78, 5) is 39.9. The van der Waals surface area contributed by atoms with E-state index in [1.165, 1.54) is 24.3 Å². The average molecular weight is 549 g/mol. The normalized spacial score (nSPS) is 17.4. The SMILES string of the molecule is O=C(COCCOCCO)OCC1C[C@@H](c2ccc3cc(-c4ccccc4C(F)(F)F)[nH]c(=O)c3c2)C(=O)N1. The van der Waals surface area contributed by atoms with Crippen LogP contribution < -0.4 is 10.9 Å². The number of aliphatic hydroxyl groups excluding tert-OH is 1. The van der Waals surface area contributed by atoms with Gasteiger partial charge < -0.3 is 29.6 Å². The zero-order valence-electron chi connectivity index (χ0n) is 20.8. The summed E-state index contributed by atoms with van der Waals surface area (Å²) in [7, 11) is 0. The molecule has 0 saturated carbocycles. The number of pyridine rings is 1. The minimum atomic E-state index is -4.59. The van der Waals surface area contributed by atoms with E-state index in [0.29, 0.717) is 17.4 Å². The molecule has 3 N–H and O–H groups in total. The Balaban J connectivity index is 1.41. The van der Waals surface area contributed by atoms with Gasteiger partial charge in [-0.05, 0) is 35.6 Å². The Hall–Kier alpha value is -3.74. The summed E-state index contributed by atoms with van der Waals surface area (Å²) in [5, 5.41) is 12.1. The van der Waals surface area contributed by atoms with Crippen LogP contribution in [0, 0.1) is 0 Å². The van der Waals surface area contributed by atoms with Crippen molar-refractivity contribution in [2.24, 2.45) is 0 Å². The van der Waals surface area contributed by atoms with Crippen LogP contribution in [0.25, 0.3) is 22.0 Å². The van der Waals surface area contributed by atoms with Gasteiger partial charge in [-0.3, -0.25) is 9.59 Å². The number of H-pyrrole nitrogens is 1. The number of aromatic nitrogens is 1. The van der Waals surface area contributed by atoms with Gasteiger partial charge in [0.15, 0.2) is 0 Å². The highest BCUT2D eigenvalue weighted by Gasteiger charge is 2.35. The second-order valence-corrected chi connectivity index (χ2v) is 8.97. The van der Waals surface area contributed by atoms with Crippen LogP contribution >= 0.6 is 0 Å². The Morgan fingerprint density at radius 1 is 1.03 bits per heavy atom. The van der Waals surface area contributed by atoms with Gasteiger partial charge in [0.2, 0.25) is 5.91 Å². The number of amides is 1. The van der Waals surface area contributed by atoms with Crippen molar-refractivity contribution < 1.29 is 42.1 Å². The smallest absolute Gasteiger partial charge is 0.417 e. The number of carbonyl (C=O) groups excluding carboxylic acids is 2. The molecular formula is C27H27F3N2O7. The average Bonchev–Trinajstić information content (AvgIpc) is 3.29. The van der Waals surface area contributed by atoms with Gasteiger partial charge in [-0.2, -0.15) is 13.2 Å². The Labute approximate surface area is 220 Å². The Kier molecular flexibility index (Phi) is 9.00. The van der Waals surface area contributed by atoms with Crippen LogP contribution in [0.1, 0.15) is 23.5 Å². The fraction of sp³-hybridized carbons (Fsp3) is 0.370. The first-order chi connectivity index (χ1) is 18.7. The van der Waals surface area contributed by atoms with Crippen LogP contribution in [0.2, 0.25) is 0 Å². The predicted molar refractivity (Wildman–Crippen MR) is 134 cm³/mol. The second-order valence-electron chi connectivity index (χ2n) is 8.97. The number of carbonyl (C=O) groups is 2. The molecule has 0 bridgehead atoms. The molecule has 208 valence electrons. The summed E-state index contributed by atoms with van der Waals surface area (Å²) in [5.74, 6) is -1.49. The van der Waals surface area contributed by atoms with Crippen molar-refractivity contribution in [1.29, 1.82) is 0 Å². The van der Waals surface area contributed by atoms with Gasteiger partial charge in [0.1, 0.15) is 13.2 Å². The maximum atomic E-state index is 13.5. The lowest BCUT2D eigenvalue weighted by atomic mass is 9.93. The molecule has 2 atom stereocenters. The zero-order valence-corrected chi connectivity index (χ0v) is 20.8. The van der Waals surface area contributed by atoms with Gasteiger partial charge in [-0.1, -0.05) is 30.3 Å². The summed E-state index contributed by atoms with van der Waals surface area (Å²) in [5.41, 5.74) is -0.970. The predicted octanol–water partition coefficient (Wildman–Crippen LogP) is 2.75. The molecule has 0 aliphatic carbocycles. The molecule has 1 saturated heterocycles. The highest BCUT2D eigenvalue weighted by atomic mass is 19.4. The van der Waals surface area contributed by atoms with E-state index in [1.54, 1.807) is 18.2 Å². The van der Waals surface area contributed by atoms with Crippen LogP contribution in [0.4, 0.5) is 13.2 Å². The fourth-order valence-corrected chi connectivity index (χ4v) is 4.43. The van der Waals surface area contributed by atoms with E-state index in [2.05, 4.69) is 10.3 Å². The van der Waals surface area contributed by atoms with Crippen molar-refractivity contribution in [2.45, 2.75) is 24.6 Å². The van der Waals surface area contributed by atoms with E-state index in [1.807, 2.05) is 0 Å². The minimum Gasteiger partial charge on any atom is -0.462 e. The molecule has 12 heteroatoms. The number of ether oxygens (including phenoxy) is 3. The lowest BCUT2D eigenvalue weighted by molar-refractivity contribution is -0.150. The standard InChI is InChI=1S/C27H27F3N2O7/c28-27(29,30)22-4-2-1-3-19(22)23-12-17-6-5-16(11-20(17)26(36)32-23)21-13-18(31-25(21)35)14-39-24(34)15-38-10-9-37-8-7-33/h1-6,11-12,18,21,33H,7-10,13-15H2,(H,31,35)(H,32,36)/t18?,21-/m0/s1. The first-order valence-electron chi connectivity index (χ1n) is 12.2. The quantitative estimate of drug-likeness (QED) is 0.248. The van der Waals surface area contributed by atoms with Gasteiger partial charge in [-0.15, -0.1) is 0 Å². The van der Waals surface area contributed by atoms with Gasteiger partial charge in [0, 0.05) is 16.6 Å². The number of alkyl halides is 3. The molecule has 1 aromatic heterocycles. The maximum absolute atomic E-state index is 13.5. The van der Waals surface area contributed by atoms with E-state index in [9.17, 15) is 27.6 Å². The van der Waals surface area contributed by atoms with Crippen LogP contribution in [-0.2, 0) is 30.0 Å². The molecule has 2 heterocycles. The van der Waals surface area contributed by atoms with E-state index < -0.39 is 35.2 Å². The highest BCUT2D eigenvalue weighted by molar-refractivity contribution is 5.90. The largest absolute Gasteiger partial charge is 0.462 e. The second kappa shape index (κ2) is 12.4. The maximum Gasteiger partial charge on any atom is 0.417 e. The molecular weight excluding hydrogens is 521 g/mol. The molecule has 1 unspecified atom stereocenters. The molecule has 2 aromatic carbocycles. The van der Waals surface area contributed by atoms with Gasteiger partial charge in [0.25, 0.3) is 5.56 Å². The monoisotopic (exact) mass is 548 g/mol. The molecule has 4 rings (SSSR count). The van der Waals surface area contributed by atoms with Crippen molar-refractivity contribution in [2.75, 3.05) is 39.6 Å². The first-order valence-corrected chi connectivity index (χ1v) is 12.2. The van der Waals surface area contributed by atoms with E-state index >= 15 is 0 Å². The summed E-state index contributed by atoms with van der Waals surface area (Å²) in [6, 6.07) is 10.8. The Morgan fingerprint density at radius 3 is 2.56 bits per heavy atom. The molecule has 9 nitrogen and oxygen atoms in total. The topological polar surface area (TPSA) is 127 Å². The number of halogens is 3. The fourth-order valence-electron chi connectivity index (χ4n) is 4.43. The first kappa shape index (κ1) is 28.3. The van der Waals surface area contributed by atoms with Crippen LogP contribution in [0.5, 0.6) is 0 Å². The highest BCUT2D eigenvalue weighted by Crippen LogP contribution is 2.37. The molecule has 1 fully saturated rings. The van der Waals surface area contributed by atoms with E-state index in [-0.39, 0.29) is 62.2 Å². The van der Waals surface area contributed by atoms with Gasteiger partial charge >= 0.3 is 12.1 Å². The zero-order chi connectivity index (χ0) is 28.0. The molecule has 0 radical (unpaired) electrons. The van der Waals surface area contributed by atoms with E-state index in [0.717, 1.165) is 6.07 Å². The molecule has 1 aliphatic heterocycles. The summed E-state index contributed by atoms with van der Waals surface area (Å²) < 4.78 is 55.7.